The summed E-state index contributed by atoms with van der Waals surface area (Å²) in [7, 11) is 0. The summed E-state index contributed by atoms with van der Waals surface area (Å²) in [6.45, 7) is 2.31. The maximum absolute atomic E-state index is 12.6. The van der Waals surface area contributed by atoms with Gasteiger partial charge in [0.05, 0.1) is 19.4 Å². The molecule has 190 valence electrons. The molecule has 0 bridgehead atoms. The zero-order valence-corrected chi connectivity index (χ0v) is 20.6. The molecule has 9 nitrogen and oxygen atoms in total. The normalized spacial score (nSPS) is 13.3. The van der Waals surface area contributed by atoms with E-state index in [0.717, 1.165) is 39.1 Å². The molecule has 1 aliphatic heterocycles. The van der Waals surface area contributed by atoms with Crippen molar-refractivity contribution in [3.05, 3.63) is 91.3 Å². The van der Waals surface area contributed by atoms with E-state index >= 15 is 0 Å². The number of amides is 2. The van der Waals surface area contributed by atoms with Gasteiger partial charge in [0.1, 0.15) is 11.6 Å². The summed E-state index contributed by atoms with van der Waals surface area (Å²) < 4.78 is 5.34. The molecule has 2 amide bonds. The summed E-state index contributed by atoms with van der Waals surface area (Å²) in [5.74, 6) is 1.44. The van der Waals surface area contributed by atoms with Crippen molar-refractivity contribution in [1.82, 2.24) is 20.1 Å². The van der Waals surface area contributed by atoms with Gasteiger partial charge in [0.15, 0.2) is 0 Å². The molecule has 0 spiro atoms. The molecule has 9 heteroatoms. The van der Waals surface area contributed by atoms with Crippen molar-refractivity contribution in [2.45, 2.75) is 0 Å². The Labute approximate surface area is 219 Å². The number of pyridine rings is 1. The lowest BCUT2D eigenvalue weighted by molar-refractivity contribution is 0.0564. The monoisotopic (exact) mass is 505 g/mol. The van der Waals surface area contributed by atoms with Crippen molar-refractivity contribution in [2.75, 3.05) is 42.3 Å². The van der Waals surface area contributed by atoms with Crippen LogP contribution in [0.15, 0.2) is 91.3 Å². The Hall–Kier alpha value is -4.89. The first kappa shape index (κ1) is 23.5. The van der Waals surface area contributed by atoms with Crippen LogP contribution in [0.2, 0.25) is 0 Å². The number of hydrogen-bond donors (Lipinski definition) is 4. The van der Waals surface area contributed by atoms with E-state index in [1.54, 1.807) is 11.1 Å². The number of hydrogen-bond acceptors (Lipinski definition) is 6. The number of carbonyl (C=O) groups excluding carboxylic acids is 1. The molecule has 0 radical (unpaired) electrons. The third kappa shape index (κ3) is 5.28. The number of ether oxygens (including phenoxy) is 1. The van der Waals surface area contributed by atoms with Gasteiger partial charge in [-0.15, -0.1) is 0 Å². The average molecular weight is 506 g/mol. The van der Waals surface area contributed by atoms with Gasteiger partial charge in [-0.05, 0) is 47.3 Å². The molecular weight excluding hydrogens is 478 g/mol. The van der Waals surface area contributed by atoms with Crippen LogP contribution in [0.4, 0.5) is 33.5 Å². The smallest absolute Gasteiger partial charge is 0.322 e. The summed E-state index contributed by atoms with van der Waals surface area (Å²) in [5, 5.41) is 18.8. The maximum Gasteiger partial charge on any atom is 0.322 e. The Morgan fingerprint density at radius 1 is 0.842 bits per heavy atom. The second-order valence-electron chi connectivity index (χ2n) is 9.00. The highest BCUT2D eigenvalue weighted by Gasteiger charge is 2.17. The number of anilines is 5. The molecule has 3 aromatic carbocycles. The number of aromatic nitrogens is 3. The molecule has 1 aliphatic rings. The average Bonchev–Trinajstić information content (AvgIpc) is 3.49. The molecule has 0 atom stereocenters. The zero-order valence-electron chi connectivity index (χ0n) is 20.6. The van der Waals surface area contributed by atoms with Gasteiger partial charge in [-0.2, -0.15) is 5.10 Å². The fourth-order valence-electron chi connectivity index (χ4n) is 4.44. The number of nitrogens with one attached hydrogen (secondary N) is 4. The van der Waals surface area contributed by atoms with Gasteiger partial charge in [-0.3, -0.25) is 5.10 Å². The van der Waals surface area contributed by atoms with E-state index in [1.165, 1.54) is 0 Å². The van der Waals surface area contributed by atoms with Gasteiger partial charge in [-0.1, -0.05) is 42.5 Å². The Morgan fingerprint density at radius 2 is 1.66 bits per heavy atom. The molecule has 0 saturated carbocycles. The van der Waals surface area contributed by atoms with Crippen LogP contribution in [-0.4, -0.2) is 52.4 Å². The van der Waals surface area contributed by atoms with Crippen molar-refractivity contribution >= 4 is 45.5 Å². The predicted molar refractivity (Wildman–Crippen MR) is 150 cm³/mol. The number of H-pyrrole nitrogens is 1. The SMILES string of the molecule is O=C(Nc1cccc(Nc2cc3ccccc3c(Nc3ccc(-c4cn[nH]c4)cc3)n2)c1)N1CCOCC1. The second kappa shape index (κ2) is 10.6. The summed E-state index contributed by atoms with van der Waals surface area (Å²) in [6, 6.07) is 25.8. The second-order valence-corrected chi connectivity index (χ2v) is 9.00. The van der Waals surface area contributed by atoms with Crippen molar-refractivity contribution in [1.29, 1.82) is 0 Å². The Balaban J connectivity index is 1.22. The van der Waals surface area contributed by atoms with E-state index in [4.69, 9.17) is 9.72 Å². The standard InChI is InChI=1S/C29H27N7O2/c37-29(36-12-14-38-15-13-36)34-25-6-3-5-24(17-25)32-27-16-21-4-1-2-7-26(21)28(35-27)33-23-10-8-20(9-11-23)22-18-30-31-19-22/h1-11,16-19H,12-15H2,(H,30,31)(H,34,37)(H2,32,33,35). The Morgan fingerprint density at radius 3 is 2.47 bits per heavy atom. The summed E-state index contributed by atoms with van der Waals surface area (Å²) in [4.78, 5) is 19.2. The third-order valence-corrected chi connectivity index (χ3v) is 6.40. The van der Waals surface area contributed by atoms with Gasteiger partial charge in [0.2, 0.25) is 0 Å². The summed E-state index contributed by atoms with van der Waals surface area (Å²) in [6.07, 6.45) is 3.67. The topological polar surface area (TPSA) is 107 Å². The highest BCUT2D eigenvalue weighted by Crippen LogP contribution is 2.30. The number of carbonyl (C=O) groups is 1. The molecule has 3 heterocycles. The molecule has 5 aromatic rings. The van der Waals surface area contributed by atoms with Crippen LogP contribution in [-0.2, 0) is 4.74 Å². The molecule has 1 saturated heterocycles. The Bertz CT molecular complexity index is 1550. The molecule has 4 N–H and O–H groups in total. The highest BCUT2D eigenvalue weighted by atomic mass is 16.5. The lowest BCUT2D eigenvalue weighted by atomic mass is 10.1. The van der Waals surface area contributed by atoms with Crippen LogP contribution in [0.5, 0.6) is 0 Å². The fourth-order valence-corrected chi connectivity index (χ4v) is 4.44. The number of nitrogens with zero attached hydrogens (tertiary/aromatic N) is 3. The van der Waals surface area contributed by atoms with E-state index in [2.05, 4.69) is 38.3 Å². The number of fused-ring (bicyclic) bond motifs is 1. The fraction of sp³-hybridized carbons (Fsp3) is 0.138. The summed E-state index contributed by atoms with van der Waals surface area (Å²) >= 11 is 0. The number of morpholine rings is 1. The highest BCUT2D eigenvalue weighted by molar-refractivity contribution is 5.96. The summed E-state index contributed by atoms with van der Waals surface area (Å²) in [5.41, 5.74) is 4.58. The van der Waals surface area contributed by atoms with Crippen molar-refractivity contribution in [3.63, 3.8) is 0 Å². The van der Waals surface area contributed by atoms with Gasteiger partial charge >= 0.3 is 6.03 Å². The number of benzene rings is 3. The van der Waals surface area contributed by atoms with E-state index in [0.29, 0.717) is 37.8 Å². The minimum absolute atomic E-state index is 0.125. The predicted octanol–water partition coefficient (Wildman–Crippen LogP) is 5.98. The van der Waals surface area contributed by atoms with Crippen LogP contribution < -0.4 is 16.0 Å². The molecular formula is C29H27N7O2. The van der Waals surface area contributed by atoms with Crippen molar-refractivity contribution in [2.24, 2.45) is 0 Å². The Kier molecular flexibility index (Phi) is 6.57. The number of rotatable bonds is 6. The van der Waals surface area contributed by atoms with E-state index in [1.807, 2.05) is 72.9 Å². The van der Waals surface area contributed by atoms with Gasteiger partial charge < -0.3 is 25.6 Å². The van der Waals surface area contributed by atoms with E-state index in [-0.39, 0.29) is 6.03 Å². The molecule has 1 fully saturated rings. The number of aromatic amines is 1. The van der Waals surface area contributed by atoms with Crippen molar-refractivity contribution < 1.29 is 9.53 Å². The minimum atomic E-state index is -0.125. The van der Waals surface area contributed by atoms with Gasteiger partial charge in [-0.25, -0.2) is 9.78 Å². The molecule has 2 aromatic heterocycles. The quantitative estimate of drug-likeness (QED) is 0.226. The lowest BCUT2D eigenvalue weighted by Crippen LogP contribution is -2.43. The van der Waals surface area contributed by atoms with Crippen LogP contribution in [0, 0.1) is 0 Å². The first-order valence-electron chi connectivity index (χ1n) is 12.5. The van der Waals surface area contributed by atoms with Crippen LogP contribution in [0.25, 0.3) is 21.9 Å². The maximum atomic E-state index is 12.6. The van der Waals surface area contributed by atoms with E-state index < -0.39 is 0 Å². The first-order valence-corrected chi connectivity index (χ1v) is 12.5. The van der Waals surface area contributed by atoms with Crippen molar-refractivity contribution in [3.8, 4) is 11.1 Å². The number of urea groups is 1. The van der Waals surface area contributed by atoms with Crippen LogP contribution in [0.3, 0.4) is 0 Å². The molecule has 0 unspecified atom stereocenters. The first-order chi connectivity index (χ1) is 18.7. The third-order valence-electron chi connectivity index (χ3n) is 6.40. The molecule has 38 heavy (non-hydrogen) atoms. The molecule has 0 aliphatic carbocycles. The van der Waals surface area contributed by atoms with E-state index in [9.17, 15) is 4.79 Å². The zero-order chi connectivity index (χ0) is 25.7. The largest absolute Gasteiger partial charge is 0.378 e. The van der Waals surface area contributed by atoms with Crippen LogP contribution in [0.1, 0.15) is 0 Å². The van der Waals surface area contributed by atoms with Gasteiger partial charge in [0.25, 0.3) is 0 Å². The minimum Gasteiger partial charge on any atom is -0.378 e. The lowest BCUT2D eigenvalue weighted by Gasteiger charge is -2.27. The van der Waals surface area contributed by atoms with Crippen LogP contribution >= 0.6 is 0 Å². The van der Waals surface area contributed by atoms with Gasteiger partial charge in [0, 0.05) is 47.3 Å². The molecule has 6 rings (SSSR count).